The first-order chi connectivity index (χ1) is 16.7. The molecule has 2 N–H and O–H groups in total. The van der Waals surface area contributed by atoms with Gasteiger partial charge >= 0.3 is 5.97 Å². The SMILES string of the molecule is O=C(O)c1ccc(CCc2ccccc2NS(=O)(=O)c2cc(S(=O)(=O)c3ccccc3)cs2)cc1. The van der Waals surface area contributed by atoms with Crippen molar-refractivity contribution in [3.05, 3.63) is 107 Å². The van der Waals surface area contributed by atoms with Crippen LogP contribution in [0.5, 0.6) is 0 Å². The van der Waals surface area contributed by atoms with E-state index in [4.69, 9.17) is 5.11 Å². The molecule has 0 spiro atoms. The predicted octanol–water partition coefficient (Wildman–Crippen LogP) is 4.87. The van der Waals surface area contributed by atoms with Crippen molar-refractivity contribution in [3.63, 3.8) is 0 Å². The summed E-state index contributed by atoms with van der Waals surface area (Å²) < 4.78 is 54.2. The van der Waals surface area contributed by atoms with Crippen LogP contribution in [-0.4, -0.2) is 27.9 Å². The number of thiophene rings is 1. The van der Waals surface area contributed by atoms with Gasteiger partial charge in [0.25, 0.3) is 10.0 Å². The molecule has 4 aromatic rings. The lowest BCUT2D eigenvalue weighted by Crippen LogP contribution is -2.13. The Morgan fingerprint density at radius 1 is 0.800 bits per heavy atom. The summed E-state index contributed by atoms with van der Waals surface area (Å²) in [5.74, 6) is -0.996. The third-order valence-corrected chi connectivity index (χ3v) is 10.0. The Kier molecular flexibility index (Phi) is 7.06. The van der Waals surface area contributed by atoms with E-state index in [9.17, 15) is 21.6 Å². The Labute approximate surface area is 207 Å². The second-order valence-corrected chi connectivity index (χ2v) is 12.5. The van der Waals surface area contributed by atoms with Gasteiger partial charge in [-0.2, -0.15) is 0 Å². The van der Waals surface area contributed by atoms with Crippen LogP contribution in [0.1, 0.15) is 21.5 Å². The summed E-state index contributed by atoms with van der Waals surface area (Å²) in [4.78, 5) is 11.0. The van der Waals surface area contributed by atoms with Gasteiger partial charge in [-0.3, -0.25) is 4.72 Å². The zero-order valence-electron chi connectivity index (χ0n) is 18.3. The molecule has 0 aliphatic carbocycles. The molecule has 35 heavy (non-hydrogen) atoms. The highest BCUT2D eigenvalue weighted by molar-refractivity contribution is 7.95. The molecule has 0 atom stereocenters. The van der Waals surface area contributed by atoms with Crippen LogP contribution in [0.4, 0.5) is 5.69 Å². The first-order valence-corrected chi connectivity index (χ1v) is 14.3. The number of aryl methyl sites for hydroxylation is 2. The average molecular weight is 528 g/mol. The Bertz CT molecular complexity index is 1560. The quantitative estimate of drug-likeness (QED) is 0.321. The van der Waals surface area contributed by atoms with Crippen LogP contribution in [-0.2, 0) is 32.7 Å². The van der Waals surface area contributed by atoms with Crippen molar-refractivity contribution in [2.75, 3.05) is 4.72 Å². The molecule has 0 saturated carbocycles. The van der Waals surface area contributed by atoms with Crippen LogP contribution in [0.2, 0.25) is 0 Å². The van der Waals surface area contributed by atoms with Crippen LogP contribution < -0.4 is 4.72 Å². The number of carboxylic acid groups (broad SMARTS) is 1. The normalized spacial score (nSPS) is 11.8. The number of aromatic carboxylic acids is 1. The summed E-state index contributed by atoms with van der Waals surface area (Å²) in [5, 5.41) is 10.4. The lowest BCUT2D eigenvalue weighted by atomic mass is 10.0. The Hall–Kier alpha value is -3.47. The second-order valence-electron chi connectivity index (χ2n) is 7.68. The maximum Gasteiger partial charge on any atom is 0.335 e. The lowest BCUT2D eigenvalue weighted by Gasteiger charge is -2.12. The van der Waals surface area contributed by atoms with E-state index in [1.54, 1.807) is 48.5 Å². The van der Waals surface area contributed by atoms with Crippen molar-refractivity contribution < 1.29 is 26.7 Å². The highest BCUT2D eigenvalue weighted by atomic mass is 32.2. The van der Waals surface area contributed by atoms with Crippen LogP contribution >= 0.6 is 11.3 Å². The summed E-state index contributed by atoms with van der Waals surface area (Å²) in [5.41, 5.74) is 2.27. The summed E-state index contributed by atoms with van der Waals surface area (Å²) in [6, 6.07) is 22.5. The van der Waals surface area contributed by atoms with Crippen LogP contribution in [0.15, 0.2) is 104 Å². The van der Waals surface area contributed by atoms with Gasteiger partial charge in [0.2, 0.25) is 9.84 Å². The minimum absolute atomic E-state index is 0.0767. The molecule has 0 fully saturated rings. The fraction of sp³-hybridized carbons (Fsp3) is 0.0800. The zero-order valence-corrected chi connectivity index (χ0v) is 20.7. The third-order valence-electron chi connectivity index (χ3n) is 5.33. The highest BCUT2D eigenvalue weighted by Crippen LogP contribution is 2.30. The van der Waals surface area contributed by atoms with E-state index in [1.807, 2.05) is 6.07 Å². The molecule has 0 aliphatic rings. The lowest BCUT2D eigenvalue weighted by molar-refractivity contribution is 0.0697. The Morgan fingerprint density at radius 3 is 2.14 bits per heavy atom. The third kappa shape index (κ3) is 5.61. The molecule has 0 bridgehead atoms. The van der Waals surface area contributed by atoms with Crippen molar-refractivity contribution in [2.24, 2.45) is 0 Å². The van der Waals surface area contributed by atoms with Crippen LogP contribution in [0.25, 0.3) is 0 Å². The Balaban J connectivity index is 1.52. The van der Waals surface area contributed by atoms with Crippen molar-refractivity contribution >= 4 is 42.9 Å². The van der Waals surface area contributed by atoms with E-state index < -0.39 is 25.8 Å². The average Bonchev–Trinajstić information content (AvgIpc) is 3.37. The molecule has 1 heterocycles. The molecule has 4 rings (SSSR count). The second kappa shape index (κ2) is 10.0. The predicted molar refractivity (Wildman–Crippen MR) is 134 cm³/mol. The van der Waals surface area contributed by atoms with Gasteiger partial charge in [0, 0.05) is 5.38 Å². The van der Waals surface area contributed by atoms with Crippen molar-refractivity contribution in [2.45, 2.75) is 26.8 Å². The maximum absolute atomic E-state index is 13.1. The standard InChI is InChI=1S/C25H21NO6S3/c27-25(28)20-14-11-18(12-15-20)10-13-19-6-4-5-9-23(19)26-35(31,32)24-16-22(17-33-24)34(29,30)21-7-2-1-3-8-21/h1-9,11-12,14-17,26H,10,13H2,(H,27,28). The smallest absolute Gasteiger partial charge is 0.335 e. The van der Waals surface area contributed by atoms with Crippen LogP contribution in [0.3, 0.4) is 0 Å². The molecular formula is C25H21NO6S3. The van der Waals surface area contributed by atoms with Crippen LogP contribution in [0, 0.1) is 0 Å². The summed E-state index contributed by atoms with van der Waals surface area (Å²) >= 11 is 0.839. The number of carboxylic acids is 1. The molecule has 0 saturated heterocycles. The Morgan fingerprint density at radius 2 is 1.46 bits per heavy atom. The molecule has 1 aromatic heterocycles. The fourth-order valence-electron chi connectivity index (χ4n) is 3.44. The molecule has 10 heteroatoms. The summed E-state index contributed by atoms with van der Waals surface area (Å²) in [7, 11) is -7.84. The van der Waals surface area contributed by atoms with Gasteiger partial charge in [0.15, 0.2) is 0 Å². The van der Waals surface area contributed by atoms with Gasteiger partial charge in [0.05, 0.1) is 21.0 Å². The molecule has 7 nitrogen and oxygen atoms in total. The molecular weight excluding hydrogens is 506 g/mol. The molecule has 180 valence electrons. The molecule has 0 radical (unpaired) electrons. The number of hydrogen-bond acceptors (Lipinski definition) is 6. The number of sulfonamides is 1. The fourth-order valence-corrected chi connectivity index (χ4v) is 7.45. The number of hydrogen-bond donors (Lipinski definition) is 2. The number of carbonyl (C=O) groups is 1. The molecule has 0 unspecified atom stereocenters. The van der Waals surface area contributed by atoms with E-state index in [1.165, 1.54) is 35.7 Å². The van der Waals surface area contributed by atoms with Gasteiger partial charge in [0.1, 0.15) is 4.21 Å². The highest BCUT2D eigenvalue weighted by Gasteiger charge is 2.24. The van der Waals surface area contributed by atoms with E-state index in [0.717, 1.165) is 22.5 Å². The first-order valence-electron chi connectivity index (χ1n) is 10.5. The summed E-state index contributed by atoms with van der Waals surface area (Å²) in [6.07, 6.45) is 1.10. The minimum Gasteiger partial charge on any atom is -0.478 e. The largest absolute Gasteiger partial charge is 0.478 e. The maximum atomic E-state index is 13.1. The molecule has 3 aromatic carbocycles. The number of rotatable bonds is 9. The van der Waals surface area contributed by atoms with Crippen molar-refractivity contribution in [3.8, 4) is 0 Å². The monoisotopic (exact) mass is 527 g/mol. The van der Waals surface area contributed by atoms with Gasteiger partial charge in [-0.1, -0.05) is 48.5 Å². The van der Waals surface area contributed by atoms with E-state index in [0.29, 0.717) is 18.5 Å². The molecule has 0 amide bonds. The van der Waals surface area contributed by atoms with E-state index in [2.05, 4.69) is 4.72 Å². The summed E-state index contributed by atoms with van der Waals surface area (Å²) in [6.45, 7) is 0. The van der Waals surface area contributed by atoms with Crippen molar-refractivity contribution in [1.29, 1.82) is 0 Å². The van der Waals surface area contributed by atoms with Gasteiger partial charge in [-0.25, -0.2) is 21.6 Å². The molecule has 0 aliphatic heterocycles. The van der Waals surface area contributed by atoms with Crippen molar-refractivity contribution in [1.82, 2.24) is 0 Å². The number of anilines is 1. The van der Waals surface area contributed by atoms with Gasteiger partial charge < -0.3 is 5.11 Å². The number of nitrogens with one attached hydrogen (secondary N) is 1. The van der Waals surface area contributed by atoms with Gasteiger partial charge in [-0.05, 0) is 60.4 Å². The zero-order chi connectivity index (χ0) is 25.1. The first kappa shape index (κ1) is 24.6. The number of para-hydroxylation sites is 1. The van der Waals surface area contributed by atoms with Gasteiger partial charge in [-0.15, -0.1) is 11.3 Å². The van der Waals surface area contributed by atoms with E-state index >= 15 is 0 Å². The minimum atomic E-state index is -4.02. The topological polar surface area (TPSA) is 118 Å². The van der Waals surface area contributed by atoms with E-state index in [-0.39, 0.29) is 19.6 Å². The number of benzene rings is 3. The number of sulfone groups is 1.